The maximum absolute atomic E-state index is 12.5. The predicted molar refractivity (Wildman–Crippen MR) is 109 cm³/mol. The molecule has 0 atom stereocenters. The molecule has 0 spiro atoms. The van der Waals surface area contributed by atoms with Gasteiger partial charge in [-0.15, -0.1) is 0 Å². The summed E-state index contributed by atoms with van der Waals surface area (Å²) in [6.07, 6.45) is 2.75. The molecule has 1 aliphatic carbocycles. The Morgan fingerprint density at radius 1 is 1.00 bits per heavy atom. The number of hydrogen-bond donors (Lipinski definition) is 1. The van der Waals surface area contributed by atoms with Crippen LogP contribution in [-0.2, 0) is 29.4 Å². The number of rotatable bonds is 7. The number of sulfonamides is 1. The normalized spacial score (nSPS) is 13.2. The fourth-order valence-corrected chi connectivity index (χ4v) is 4.30. The second-order valence-electron chi connectivity index (χ2n) is 6.82. The van der Waals surface area contributed by atoms with E-state index in [2.05, 4.69) is 9.82 Å². The summed E-state index contributed by atoms with van der Waals surface area (Å²) in [7, 11) is -3.69. The van der Waals surface area contributed by atoms with Gasteiger partial charge in [-0.3, -0.25) is 4.79 Å². The molecule has 7 nitrogen and oxygen atoms in total. The minimum Gasteiger partial charge on any atom is -0.457 e. The molecule has 1 N–H and O–H groups in total. The zero-order valence-electron chi connectivity index (χ0n) is 15.7. The smallest absolute Gasteiger partial charge is 0.267 e. The lowest BCUT2D eigenvalue weighted by molar-refractivity contribution is 0.482. The third-order valence-corrected chi connectivity index (χ3v) is 6.23. The van der Waals surface area contributed by atoms with Crippen LogP contribution in [0.25, 0.3) is 0 Å². The first kappa shape index (κ1) is 19.4. The molecule has 150 valence electrons. The molecular formula is C21H21N3O4S. The van der Waals surface area contributed by atoms with Crippen LogP contribution in [0.15, 0.2) is 70.4 Å². The lowest BCUT2D eigenvalue weighted by Crippen LogP contribution is -2.32. The van der Waals surface area contributed by atoms with Crippen molar-refractivity contribution in [2.45, 2.75) is 30.7 Å². The van der Waals surface area contributed by atoms with Crippen LogP contribution in [0.3, 0.4) is 0 Å². The van der Waals surface area contributed by atoms with E-state index >= 15 is 0 Å². The summed E-state index contributed by atoms with van der Waals surface area (Å²) in [5, 5.41) is 4.35. The van der Waals surface area contributed by atoms with Crippen molar-refractivity contribution in [2.75, 3.05) is 6.54 Å². The van der Waals surface area contributed by atoms with Crippen molar-refractivity contribution in [3.05, 3.63) is 82.3 Å². The van der Waals surface area contributed by atoms with Gasteiger partial charge in [0.2, 0.25) is 10.0 Å². The molecule has 0 saturated carbocycles. The Bertz CT molecular complexity index is 1160. The SMILES string of the molecule is O=c1cc2c(nn1CCNS(=O)(=O)c1ccc(Oc3ccccc3)cc1)CCC2. The van der Waals surface area contributed by atoms with E-state index in [0.717, 1.165) is 30.5 Å². The van der Waals surface area contributed by atoms with Crippen LogP contribution in [0, 0.1) is 0 Å². The van der Waals surface area contributed by atoms with Crippen molar-refractivity contribution in [1.29, 1.82) is 0 Å². The van der Waals surface area contributed by atoms with Crippen molar-refractivity contribution >= 4 is 10.0 Å². The minimum atomic E-state index is -3.69. The quantitative estimate of drug-likeness (QED) is 0.645. The summed E-state index contributed by atoms with van der Waals surface area (Å²) in [5.41, 5.74) is 1.73. The minimum absolute atomic E-state index is 0.0797. The molecule has 1 aliphatic rings. The van der Waals surface area contributed by atoms with Crippen LogP contribution >= 0.6 is 0 Å². The lowest BCUT2D eigenvalue weighted by Gasteiger charge is -2.10. The Labute approximate surface area is 169 Å². The summed E-state index contributed by atoms with van der Waals surface area (Å²) < 4.78 is 34.5. The van der Waals surface area contributed by atoms with Crippen LogP contribution < -0.4 is 15.0 Å². The first-order chi connectivity index (χ1) is 14.0. The lowest BCUT2D eigenvalue weighted by atomic mass is 10.2. The number of hydrogen-bond acceptors (Lipinski definition) is 5. The number of nitrogens with one attached hydrogen (secondary N) is 1. The molecule has 1 aromatic heterocycles. The van der Waals surface area contributed by atoms with Crippen LogP contribution in [0.1, 0.15) is 17.7 Å². The van der Waals surface area contributed by atoms with E-state index in [-0.39, 0.29) is 23.5 Å². The maximum Gasteiger partial charge on any atom is 0.267 e. The molecule has 0 aliphatic heterocycles. The van der Waals surface area contributed by atoms with E-state index < -0.39 is 10.0 Å². The van der Waals surface area contributed by atoms with Gasteiger partial charge in [0.25, 0.3) is 5.56 Å². The molecule has 3 aromatic rings. The first-order valence-electron chi connectivity index (χ1n) is 9.44. The van der Waals surface area contributed by atoms with Gasteiger partial charge in [0.15, 0.2) is 0 Å². The Kier molecular flexibility index (Phi) is 5.46. The highest BCUT2D eigenvalue weighted by Crippen LogP contribution is 2.22. The van der Waals surface area contributed by atoms with Crippen molar-refractivity contribution in [1.82, 2.24) is 14.5 Å². The number of ether oxygens (including phenoxy) is 1. The van der Waals surface area contributed by atoms with Crippen LogP contribution in [0.4, 0.5) is 0 Å². The van der Waals surface area contributed by atoms with Gasteiger partial charge in [0.1, 0.15) is 11.5 Å². The number of para-hydroxylation sites is 1. The topological polar surface area (TPSA) is 90.3 Å². The highest BCUT2D eigenvalue weighted by atomic mass is 32.2. The van der Waals surface area contributed by atoms with Crippen molar-refractivity contribution in [3.8, 4) is 11.5 Å². The van der Waals surface area contributed by atoms with Gasteiger partial charge in [0, 0.05) is 12.6 Å². The summed E-state index contributed by atoms with van der Waals surface area (Å²) in [6.45, 7) is 0.261. The molecule has 0 saturated heterocycles. The second kappa shape index (κ2) is 8.18. The zero-order valence-corrected chi connectivity index (χ0v) is 16.6. The molecule has 0 amide bonds. The molecule has 0 fully saturated rings. The molecule has 0 bridgehead atoms. The summed E-state index contributed by atoms with van der Waals surface area (Å²) in [5.74, 6) is 1.22. The second-order valence-corrected chi connectivity index (χ2v) is 8.58. The fraction of sp³-hybridized carbons (Fsp3) is 0.238. The van der Waals surface area contributed by atoms with Crippen LogP contribution in [0.5, 0.6) is 11.5 Å². The van der Waals surface area contributed by atoms with Crippen molar-refractivity contribution in [2.24, 2.45) is 0 Å². The maximum atomic E-state index is 12.5. The average Bonchev–Trinajstić information content (AvgIpc) is 3.16. The van der Waals surface area contributed by atoms with E-state index in [0.29, 0.717) is 11.5 Å². The Hall–Kier alpha value is -2.97. The zero-order chi connectivity index (χ0) is 20.3. The molecular weight excluding hydrogens is 390 g/mol. The standard InChI is InChI=1S/C21H21N3O4S/c25-21-15-16-5-4-8-20(16)23-24(21)14-13-22-29(26,27)19-11-9-18(10-12-19)28-17-6-2-1-3-7-17/h1-3,6-7,9-12,15,22H,4-5,8,13-14H2. The first-order valence-corrected chi connectivity index (χ1v) is 10.9. The van der Waals surface area contributed by atoms with Gasteiger partial charge in [-0.2, -0.15) is 5.10 Å². The highest BCUT2D eigenvalue weighted by Gasteiger charge is 2.16. The van der Waals surface area contributed by atoms with Gasteiger partial charge in [-0.25, -0.2) is 17.8 Å². The number of benzene rings is 2. The Morgan fingerprint density at radius 3 is 2.48 bits per heavy atom. The average molecular weight is 411 g/mol. The molecule has 29 heavy (non-hydrogen) atoms. The third kappa shape index (κ3) is 4.55. The van der Waals surface area contributed by atoms with E-state index in [1.165, 1.54) is 16.8 Å². The van der Waals surface area contributed by atoms with Crippen LogP contribution in [0.2, 0.25) is 0 Å². The van der Waals surface area contributed by atoms with Crippen molar-refractivity contribution < 1.29 is 13.2 Å². The summed E-state index contributed by atoms with van der Waals surface area (Å²) in [6, 6.07) is 17.0. The number of aromatic nitrogens is 2. The van der Waals surface area contributed by atoms with Gasteiger partial charge in [-0.05, 0) is 61.2 Å². The van der Waals surface area contributed by atoms with Gasteiger partial charge in [0.05, 0.1) is 17.1 Å². The van der Waals surface area contributed by atoms with Gasteiger partial charge >= 0.3 is 0 Å². The largest absolute Gasteiger partial charge is 0.457 e. The Morgan fingerprint density at radius 2 is 1.72 bits per heavy atom. The molecule has 4 rings (SSSR count). The molecule has 0 unspecified atom stereocenters. The molecule has 0 radical (unpaired) electrons. The highest BCUT2D eigenvalue weighted by molar-refractivity contribution is 7.89. The molecule has 1 heterocycles. The summed E-state index contributed by atoms with van der Waals surface area (Å²) in [4.78, 5) is 12.2. The van der Waals surface area contributed by atoms with E-state index in [1.807, 2.05) is 30.3 Å². The predicted octanol–water partition coefficient (Wildman–Crippen LogP) is 2.50. The van der Waals surface area contributed by atoms with Crippen LogP contribution in [-0.4, -0.2) is 24.7 Å². The number of nitrogens with zero attached hydrogens (tertiary/aromatic N) is 2. The molecule has 8 heteroatoms. The van der Waals surface area contributed by atoms with Gasteiger partial charge < -0.3 is 4.74 Å². The number of fused-ring (bicyclic) bond motifs is 1. The Balaban J connectivity index is 1.38. The molecule has 2 aromatic carbocycles. The third-order valence-electron chi connectivity index (χ3n) is 4.75. The monoisotopic (exact) mass is 411 g/mol. The number of aryl methyl sites for hydroxylation is 2. The summed E-state index contributed by atoms with van der Waals surface area (Å²) >= 11 is 0. The van der Waals surface area contributed by atoms with E-state index in [4.69, 9.17) is 4.74 Å². The van der Waals surface area contributed by atoms with E-state index in [9.17, 15) is 13.2 Å². The van der Waals surface area contributed by atoms with E-state index in [1.54, 1.807) is 18.2 Å². The van der Waals surface area contributed by atoms with Crippen molar-refractivity contribution in [3.63, 3.8) is 0 Å². The fourth-order valence-electron chi connectivity index (χ4n) is 3.28. The van der Waals surface area contributed by atoms with Gasteiger partial charge in [-0.1, -0.05) is 18.2 Å².